The summed E-state index contributed by atoms with van der Waals surface area (Å²) >= 11 is 12.8. The summed E-state index contributed by atoms with van der Waals surface area (Å²) in [6.45, 7) is 4.46. The first-order valence-corrected chi connectivity index (χ1v) is 8.09. The van der Waals surface area contributed by atoms with Gasteiger partial charge in [0.1, 0.15) is 5.75 Å². The van der Waals surface area contributed by atoms with Crippen LogP contribution in [-0.2, 0) is 5.88 Å². The van der Waals surface area contributed by atoms with E-state index in [0.29, 0.717) is 12.5 Å². The van der Waals surface area contributed by atoms with Crippen molar-refractivity contribution in [2.45, 2.75) is 32.6 Å². The van der Waals surface area contributed by atoms with E-state index in [9.17, 15) is 0 Å². The highest BCUT2D eigenvalue weighted by Gasteiger charge is 2.16. The molecule has 0 aromatic heterocycles. The summed E-state index contributed by atoms with van der Waals surface area (Å²) in [5.41, 5.74) is 0.735. The van der Waals surface area contributed by atoms with Crippen LogP contribution in [0.2, 0.25) is 0 Å². The number of nitriles is 1. The van der Waals surface area contributed by atoms with Crippen LogP contribution in [0.25, 0.3) is 0 Å². The molecule has 1 aromatic carbocycles. The van der Waals surface area contributed by atoms with Crippen molar-refractivity contribution >= 4 is 43.5 Å². The van der Waals surface area contributed by atoms with Crippen molar-refractivity contribution in [3.63, 3.8) is 0 Å². The number of benzene rings is 1. The third-order valence-electron chi connectivity index (χ3n) is 2.71. The molecule has 0 saturated heterocycles. The van der Waals surface area contributed by atoms with E-state index < -0.39 is 0 Å². The lowest BCUT2D eigenvalue weighted by atomic mass is 9.90. The van der Waals surface area contributed by atoms with Gasteiger partial charge in [-0.2, -0.15) is 5.26 Å². The highest BCUT2D eigenvalue weighted by atomic mass is 79.9. The van der Waals surface area contributed by atoms with Crippen molar-refractivity contribution in [3.8, 4) is 11.8 Å². The van der Waals surface area contributed by atoms with Gasteiger partial charge in [-0.25, -0.2) is 0 Å². The first-order valence-electron chi connectivity index (χ1n) is 5.97. The normalized spacial score (nSPS) is 11.2. The second-order valence-electron chi connectivity index (χ2n) is 4.97. The number of halogens is 3. The zero-order chi connectivity index (χ0) is 14.5. The Morgan fingerprint density at radius 2 is 1.89 bits per heavy atom. The second kappa shape index (κ2) is 7.52. The van der Waals surface area contributed by atoms with Gasteiger partial charge in [0.05, 0.1) is 27.0 Å². The highest BCUT2D eigenvalue weighted by molar-refractivity contribution is 9.11. The predicted molar refractivity (Wildman–Crippen MR) is 85.5 cm³/mol. The quantitative estimate of drug-likeness (QED) is 0.449. The maximum absolute atomic E-state index is 8.94. The standard InChI is InChI=1S/C14H16Br2ClNO/c1-14(2,9-18)4-3-5-19-13-11(15)6-10(8-17)7-12(13)16/h6-7H,3-5,8H2,1-2H3. The summed E-state index contributed by atoms with van der Waals surface area (Å²) in [7, 11) is 0. The van der Waals surface area contributed by atoms with Gasteiger partial charge < -0.3 is 4.74 Å². The number of hydrogen-bond donors (Lipinski definition) is 0. The smallest absolute Gasteiger partial charge is 0.147 e. The molecule has 104 valence electrons. The maximum Gasteiger partial charge on any atom is 0.147 e. The molecule has 1 aromatic rings. The molecule has 0 heterocycles. The van der Waals surface area contributed by atoms with Crippen LogP contribution in [0.3, 0.4) is 0 Å². The SMILES string of the molecule is CC(C)(C#N)CCCOc1c(Br)cc(CCl)cc1Br. The lowest BCUT2D eigenvalue weighted by Crippen LogP contribution is -2.10. The molecule has 5 heteroatoms. The van der Waals surface area contributed by atoms with Gasteiger partial charge in [-0.15, -0.1) is 11.6 Å². The zero-order valence-corrected chi connectivity index (χ0v) is 14.9. The van der Waals surface area contributed by atoms with Crippen molar-refractivity contribution in [3.05, 3.63) is 26.6 Å². The number of hydrogen-bond acceptors (Lipinski definition) is 2. The van der Waals surface area contributed by atoms with Crippen LogP contribution < -0.4 is 4.74 Å². The Labute approximate surface area is 136 Å². The highest BCUT2D eigenvalue weighted by Crippen LogP contribution is 2.35. The van der Waals surface area contributed by atoms with Crippen LogP contribution in [-0.4, -0.2) is 6.61 Å². The monoisotopic (exact) mass is 407 g/mol. The molecule has 0 aliphatic rings. The number of ether oxygens (including phenoxy) is 1. The van der Waals surface area contributed by atoms with Gasteiger partial charge in [0.15, 0.2) is 0 Å². The Bertz CT molecular complexity index is 460. The minimum Gasteiger partial charge on any atom is -0.491 e. The van der Waals surface area contributed by atoms with E-state index in [-0.39, 0.29) is 5.41 Å². The Morgan fingerprint density at radius 3 is 2.37 bits per heavy atom. The second-order valence-corrected chi connectivity index (χ2v) is 6.95. The van der Waals surface area contributed by atoms with Crippen LogP contribution in [0.1, 0.15) is 32.3 Å². The van der Waals surface area contributed by atoms with Crippen molar-refractivity contribution in [2.75, 3.05) is 6.61 Å². The van der Waals surface area contributed by atoms with Gasteiger partial charge in [0.25, 0.3) is 0 Å². The Morgan fingerprint density at radius 1 is 1.32 bits per heavy atom. The van der Waals surface area contributed by atoms with E-state index in [0.717, 1.165) is 33.1 Å². The molecule has 2 nitrogen and oxygen atoms in total. The van der Waals surface area contributed by atoms with Gasteiger partial charge >= 0.3 is 0 Å². The molecule has 0 amide bonds. The Kier molecular flexibility index (Phi) is 6.65. The molecule has 0 saturated carbocycles. The number of rotatable bonds is 6. The molecule has 0 fully saturated rings. The van der Waals surface area contributed by atoms with Crippen LogP contribution in [0.4, 0.5) is 0 Å². The summed E-state index contributed by atoms with van der Waals surface area (Å²) in [5.74, 6) is 1.25. The average Bonchev–Trinajstić information content (AvgIpc) is 2.36. The summed E-state index contributed by atoms with van der Waals surface area (Å²) in [6, 6.07) is 6.19. The maximum atomic E-state index is 8.94. The van der Waals surface area contributed by atoms with Gasteiger partial charge in [0, 0.05) is 5.88 Å². The van der Waals surface area contributed by atoms with Gasteiger partial charge in [-0.05, 0) is 76.2 Å². The average molecular weight is 410 g/mol. The lowest BCUT2D eigenvalue weighted by Gasteiger charge is -2.16. The largest absolute Gasteiger partial charge is 0.491 e. The van der Waals surface area contributed by atoms with E-state index >= 15 is 0 Å². The van der Waals surface area contributed by atoms with Gasteiger partial charge in [-0.1, -0.05) is 0 Å². The van der Waals surface area contributed by atoms with Gasteiger partial charge in [0.2, 0.25) is 0 Å². The first kappa shape index (κ1) is 16.8. The van der Waals surface area contributed by atoms with Crippen molar-refractivity contribution in [2.24, 2.45) is 5.41 Å². The van der Waals surface area contributed by atoms with E-state index in [1.807, 2.05) is 26.0 Å². The molecule has 1 rings (SSSR count). The van der Waals surface area contributed by atoms with Crippen molar-refractivity contribution in [1.29, 1.82) is 5.26 Å². The van der Waals surface area contributed by atoms with Crippen molar-refractivity contribution in [1.82, 2.24) is 0 Å². The first-order chi connectivity index (χ1) is 8.89. The van der Waals surface area contributed by atoms with E-state index in [1.54, 1.807) is 0 Å². The van der Waals surface area contributed by atoms with Crippen LogP contribution >= 0.6 is 43.5 Å². The molecule has 0 atom stereocenters. The minimum atomic E-state index is -0.291. The van der Waals surface area contributed by atoms with E-state index in [4.69, 9.17) is 21.6 Å². The summed E-state index contributed by atoms with van der Waals surface area (Å²) in [5, 5.41) is 8.94. The molecule has 0 spiro atoms. The summed E-state index contributed by atoms with van der Waals surface area (Å²) in [6.07, 6.45) is 1.66. The van der Waals surface area contributed by atoms with E-state index in [2.05, 4.69) is 37.9 Å². The number of alkyl halides is 1. The van der Waals surface area contributed by atoms with E-state index in [1.165, 1.54) is 0 Å². The molecule has 0 unspecified atom stereocenters. The van der Waals surface area contributed by atoms with Crippen LogP contribution in [0, 0.1) is 16.7 Å². The van der Waals surface area contributed by atoms with Crippen LogP contribution in [0.5, 0.6) is 5.75 Å². The molecular weight excluding hydrogens is 393 g/mol. The molecular formula is C14H16Br2ClNO. The predicted octanol–water partition coefficient (Wildman–Crippen LogP) is 5.66. The lowest BCUT2D eigenvalue weighted by molar-refractivity contribution is 0.281. The fraction of sp³-hybridized carbons (Fsp3) is 0.500. The summed E-state index contributed by atoms with van der Waals surface area (Å²) < 4.78 is 7.53. The van der Waals surface area contributed by atoms with Crippen molar-refractivity contribution < 1.29 is 4.74 Å². The molecule has 0 aliphatic heterocycles. The molecule has 19 heavy (non-hydrogen) atoms. The summed E-state index contributed by atoms with van der Waals surface area (Å²) in [4.78, 5) is 0. The molecule has 0 N–H and O–H groups in total. The number of nitrogens with zero attached hydrogens (tertiary/aromatic N) is 1. The molecule has 0 aliphatic carbocycles. The topological polar surface area (TPSA) is 33.0 Å². The Hall–Kier alpha value is -0.240. The third kappa shape index (κ3) is 5.33. The molecule has 0 radical (unpaired) electrons. The van der Waals surface area contributed by atoms with Gasteiger partial charge in [-0.3, -0.25) is 0 Å². The fourth-order valence-electron chi connectivity index (χ4n) is 1.57. The fourth-order valence-corrected chi connectivity index (χ4v) is 3.24. The Balaban J connectivity index is 2.57. The zero-order valence-electron chi connectivity index (χ0n) is 11.0. The molecule has 0 bridgehead atoms. The van der Waals surface area contributed by atoms with Crippen LogP contribution in [0.15, 0.2) is 21.1 Å². The minimum absolute atomic E-state index is 0.291. The third-order valence-corrected chi connectivity index (χ3v) is 4.19.